The molecule has 0 saturated carbocycles. The van der Waals surface area contributed by atoms with Gasteiger partial charge in [0, 0.05) is 17.6 Å². The molecule has 0 atom stereocenters. The molecule has 0 heterocycles. The van der Waals surface area contributed by atoms with Crippen LogP contribution in [0, 0.1) is 0 Å². The average Bonchev–Trinajstić information content (AvgIpc) is 2.41. The number of methoxy groups -OCH3 is 1. The van der Waals surface area contributed by atoms with Crippen molar-refractivity contribution >= 4 is 47.8 Å². The fourth-order valence-corrected chi connectivity index (χ4v) is 3.92. The first-order valence-corrected chi connectivity index (χ1v) is 8.45. The van der Waals surface area contributed by atoms with Gasteiger partial charge in [-0.25, -0.2) is 0 Å². The van der Waals surface area contributed by atoms with Crippen molar-refractivity contribution in [3.05, 3.63) is 60.9 Å². The van der Waals surface area contributed by atoms with Crippen LogP contribution in [0.3, 0.4) is 0 Å². The van der Waals surface area contributed by atoms with E-state index in [1.165, 1.54) is 11.1 Å². The molecule has 0 fully saturated rings. The Balaban J connectivity index is 2.00. The Morgan fingerprint density at radius 3 is 2.20 bits per heavy atom. The highest BCUT2D eigenvalue weighted by atomic mass is 79.9. The molecule has 0 aromatic heterocycles. The lowest BCUT2D eigenvalue weighted by Crippen LogP contribution is -2.13. The highest BCUT2D eigenvalue weighted by molar-refractivity contribution is 9.11. The minimum Gasteiger partial charge on any atom is -0.494 e. The Hall–Kier alpha value is -0.360. The normalized spacial score (nSPS) is 10.6. The minimum atomic E-state index is 0.794. The van der Waals surface area contributed by atoms with E-state index in [2.05, 4.69) is 77.4 Å². The molecule has 2 rings (SSSR count). The van der Waals surface area contributed by atoms with Crippen LogP contribution in [0.25, 0.3) is 0 Å². The molecule has 1 N–H and O–H groups in total. The van der Waals surface area contributed by atoms with Crippen LogP contribution in [0.4, 0.5) is 0 Å². The predicted octanol–water partition coefficient (Wildman–Crippen LogP) is 5.27. The van der Waals surface area contributed by atoms with Crippen LogP contribution < -0.4 is 10.1 Å². The van der Waals surface area contributed by atoms with E-state index in [0.717, 1.165) is 32.3 Å². The van der Waals surface area contributed by atoms with E-state index in [0.29, 0.717) is 0 Å². The van der Waals surface area contributed by atoms with Crippen LogP contribution in [-0.4, -0.2) is 7.11 Å². The number of halogens is 3. The zero-order valence-corrected chi connectivity index (χ0v) is 15.7. The van der Waals surface area contributed by atoms with E-state index in [-0.39, 0.29) is 0 Å². The summed E-state index contributed by atoms with van der Waals surface area (Å²) in [5.74, 6) is 0.819. The predicted molar refractivity (Wildman–Crippen MR) is 93.1 cm³/mol. The SMILES string of the molecule is COc1c(Br)cc(CNCc2ccccc2Br)cc1Br. The summed E-state index contributed by atoms with van der Waals surface area (Å²) in [6, 6.07) is 12.4. The molecule has 2 nitrogen and oxygen atoms in total. The topological polar surface area (TPSA) is 21.3 Å². The van der Waals surface area contributed by atoms with Crippen LogP contribution in [-0.2, 0) is 13.1 Å². The van der Waals surface area contributed by atoms with E-state index in [1.54, 1.807) is 7.11 Å². The monoisotopic (exact) mass is 461 g/mol. The van der Waals surface area contributed by atoms with E-state index >= 15 is 0 Å². The molecule has 0 spiro atoms. The highest BCUT2D eigenvalue weighted by Gasteiger charge is 2.07. The van der Waals surface area contributed by atoms with Crippen LogP contribution in [0.2, 0.25) is 0 Å². The lowest BCUT2D eigenvalue weighted by atomic mass is 10.2. The summed E-state index contributed by atoms with van der Waals surface area (Å²) >= 11 is 10.6. The van der Waals surface area contributed by atoms with Crippen LogP contribution >= 0.6 is 47.8 Å². The van der Waals surface area contributed by atoms with Crippen molar-refractivity contribution in [1.29, 1.82) is 0 Å². The summed E-state index contributed by atoms with van der Waals surface area (Å²) in [6.45, 7) is 1.62. The summed E-state index contributed by atoms with van der Waals surface area (Å²) < 4.78 is 8.33. The second-order valence-electron chi connectivity index (χ2n) is 4.29. The van der Waals surface area contributed by atoms with Gasteiger partial charge < -0.3 is 10.1 Å². The largest absolute Gasteiger partial charge is 0.494 e. The van der Waals surface area contributed by atoms with Crippen molar-refractivity contribution in [3.8, 4) is 5.75 Å². The third kappa shape index (κ3) is 4.07. The molecular formula is C15H14Br3NO. The lowest BCUT2D eigenvalue weighted by molar-refractivity contribution is 0.409. The quantitative estimate of drug-likeness (QED) is 0.652. The summed E-state index contributed by atoms with van der Waals surface area (Å²) in [4.78, 5) is 0. The number of hydrogen-bond acceptors (Lipinski definition) is 2. The fourth-order valence-electron chi connectivity index (χ4n) is 1.89. The van der Waals surface area contributed by atoms with Crippen molar-refractivity contribution < 1.29 is 4.74 Å². The molecule has 0 aliphatic rings. The second kappa shape index (κ2) is 7.59. The molecule has 0 unspecified atom stereocenters. The molecular weight excluding hydrogens is 450 g/mol. The van der Waals surface area contributed by atoms with Crippen LogP contribution in [0.1, 0.15) is 11.1 Å². The maximum absolute atomic E-state index is 5.30. The molecule has 0 saturated heterocycles. The second-order valence-corrected chi connectivity index (χ2v) is 6.85. The van der Waals surface area contributed by atoms with Gasteiger partial charge in [-0.2, -0.15) is 0 Å². The molecule has 106 valence electrons. The molecule has 2 aromatic carbocycles. The summed E-state index contributed by atoms with van der Waals surface area (Å²) in [5.41, 5.74) is 2.44. The van der Waals surface area contributed by atoms with Gasteiger partial charge in [0.25, 0.3) is 0 Å². The number of benzene rings is 2. The minimum absolute atomic E-state index is 0.794. The number of nitrogens with one attached hydrogen (secondary N) is 1. The number of hydrogen-bond donors (Lipinski definition) is 1. The van der Waals surface area contributed by atoms with E-state index < -0.39 is 0 Å². The molecule has 0 bridgehead atoms. The molecule has 0 radical (unpaired) electrons. The first-order valence-electron chi connectivity index (χ1n) is 6.08. The van der Waals surface area contributed by atoms with Crippen molar-refractivity contribution in [2.45, 2.75) is 13.1 Å². The standard InChI is InChI=1S/C15H14Br3NO/c1-20-15-13(17)6-10(7-14(15)18)8-19-9-11-4-2-3-5-12(11)16/h2-7,19H,8-9H2,1H3. The van der Waals surface area contributed by atoms with Gasteiger partial charge >= 0.3 is 0 Å². The molecule has 0 aliphatic carbocycles. The lowest BCUT2D eigenvalue weighted by Gasteiger charge is -2.11. The fraction of sp³-hybridized carbons (Fsp3) is 0.200. The van der Waals surface area contributed by atoms with E-state index in [4.69, 9.17) is 4.74 Å². The molecule has 0 amide bonds. The van der Waals surface area contributed by atoms with Crippen LogP contribution in [0.15, 0.2) is 49.8 Å². The summed E-state index contributed by atoms with van der Waals surface area (Å²) in [5, 5.41) is 3.44. The van der Waals surface area contributed by atoms with Gasteiger partial charge in [-0.05, 0) is 61.2 Å². The van der Waals surface area contributed by atoms with Gasteiger partial charge in [-0.15, -0.1) is 0 Å². The van der Waals surface area contributed by atoms with Gasteiger partial charge in [0.05, 0.1) is 16.1 Å². The third-order valence-electron chi connectivity index (χ3n) is 2.86. The molecule has 20 heavy (non-hydrogen) atoms. The Kier molecular flexibility index (Phi) is 6.08. The van der Waals surface area contributed by atoms with Crippen molar-refractivity contribution in [1.82, 2.24) is 5.32 Å². The highest BCUT2D eigenvalue weighted by Crippen LogP contribution is 2.34. The van der Waals surface area contributed by atoms with Crippen molar-refractivity contribution in [2.75, 3.05) is 7.11 Å². The van der Waals surface area contributed by atoms with Gasteiger partial charge in [0.1, 0.15) is 5.75 Å². The Bertz CT molecular complexity index is 578. The zero-order chi connectivity index (χ0) is 14.5. The van der Waals surface area contributed by atoms with Gasteiger partial charge in [-0.1, -0.05) is 34.1 Å². The average molecular weight is 464 g/mol. The number of ether oxygens (including phenoxy) is 1. The maximum atomic E-state index is 5.30. The van der Waals surface area contributed by atoms with Crippen molar-refractivity contribution in [2.24, 2.45) is 0 Å². The van der Waals surface area contributed by atoms with Gasteiger partial charge in [0.15, 0.2) is 0 Å². The van der Waals surface area contributed by atoms with E-state index in [9.17, 15) is 0 Å². The Labute approximate surface area is 144 Å². The Morgan fingerprint density at radius 2 is 1.60 bits per heavy atom. The van der Waals surface area contributed by atoms with E-state index in [1.807, 2.05) is 12.1 Å². The zero-order valence-electron chi connectivity index (χ0n) is 10.9. The summed E-state index contributed by atoms with van der Waals surface area (Å²) in [7, 11) is 1.66. The van der Waals surface area contributed by atoms with Crippen molar-refractivity contribution in [3.63, 3.8) is 0 Å². The first-order chi connectivity index (χ1) is 9.61. The smallest absolute Gasteiger partial charge is 0.147 e. The molecule has 0 aliphatic heterocycles. The first kappa shape index (κ1) is 16.0. The van der Waals surface area contributed by atoms with Gasteiger partial charge in [-0.3, -0.25) is 0 Å². The third-order valence-corrected chi connectivity index (χ3v) is 4.82. The molecule has 2 aromatic rings. The maximum Gasteiger partial charge on any atom is 0.147 e. The molecule has 5 heteroatoms. The van der Waals surface area contributed by atoms with Crippen LogP contribution in [0.5, 0.6) is 5.75 Å². The Morgan fingerprint density at radius 1 is 0.950 bits per heavy atom. The summed E-state index contributed by atoms with van der Waals surface area (Å²) in [6.07, 6.45) is 0. The number of rotatable bonds is 5. The van der Waals surface area contributed by atoms with Gasteiger partial charge in [0.2, 0.25) is 0 Å².